The molecule has 10 heavy (non-hydrogen) atoms. The lowest BCUT2D eigenvalue weighted by molar-refractivity contribution is -0.120. The molecular formula is C7H8N2O. The summed E-state index contributed by atoms with van der Waals surface area (Å²) in [4.78, 5) is 10.9. The van der Waals surface area contributed by atoms with Crippen LogP contribution in [0.15, 0.2) is 11.3 Å². The van der Waals surface area contributed by atoms with Gasteiger partial charge in [0.15, 0.2) is 0 Å². The molecule has 1 rings (SSSR count). The van der Waals surface area contributed by atoms with E-state index in [0.29, 0.717) is 0 Å². The zero-order valence-corrected chi connectivity index (χ0v) is 5.93. The maximum absolute atomic E-state index is 10.9. The number of hydrogen-bond donors (Lipinski definition) is 1. The molecule has 0 bridgehead atoms. The van der Waals surface area contributed by atoms with Gasteiger partial charge in [0.2, 0.25) is 5.91 Å². The fourth-order valence-electron chi connectivity index (χ4n) is 0.924. The van der Waals surface area contributed by atoms with Crippen LogP contribution >= 0.6 is 0 Å². The van der Waals surface area contributed by atoms with Crippen molar-refractivity contribution in [3.63, 3.8) is 0 Å². The largest absolute Gasteiger partial charge is 0.329 e. The molecule has 3 heteroatoms. The summed E-state index contributed by atoms with van der Waals surface area (Å²) in [5, 5.41) is 11.1. The molecule has 1 unspecified atom stereocenters. The molecule has 0 aliphatic carbocycles. The van der Waals surface area contributed by atoms with E-state index in [0.717, 1.165) is 11.3 Å². The Hall–Kier alpha value is -1.30. The van der Waals surface area contributed by atoms with Crippen LogP contribution < -0.4 is 5.32 Å². The summed E-state index contributed by atoms with van der Waals surface area (Å²) in [5.41, 5.74) is 1.66. The number of allylic oxidation sites excluding steroid dienone is 1. The molecule has 1 atom stereocenters. The normalized spacial score (nSPS) is 24.5. The molecule has 0 saturated carbocycles. The monoisotopic (exact) mass is 136 g/mol. The minimum atomic E-state index is -0.556. The van der Waals surface area contributed by atoms with Gasteiger partial charge >= 0.3 is 0 Å². The van der Waals surface area contributed by atoms with E-state index in [1.165, 1.54) is 0 Å². The van der Waals surface area contributed by atoms with E-state index < -0.39 is 5.92 Å². The molecule has 1 amide bonds. The molecule has 0 spiro atoms. The van der Waals surface area contributed by atoms with Crippen molar-refractivity contribution >= 4 is 5.91 Å². The minimum absolute atomic E-state index is 0.197. The van der Waals surface area contributed by atoms with Gasteiger partial charge in [-0.2, -0.15) is 5.26 Å². The first-order valence-electron chi connectivity index (χ1n) is 3.04. The maximum Gasteiger partial charge on any atom is 0.245 e. The average molecular weight is 136 g/mol. The Bertz CT molecular complexity index is 247. The highest BCUT2D eigenvalue weighted by Gasteiger charge is 2.27. The standard InChI is InChI=1S/C7H8N2O/c1-4-5(2)9-7(10)6(4)3-8/h6H,1-2H3,(H,9,10). The van der Waals surface area contributed by atoms with Gasteiger partial charge in [0, 0.05) is 5.70 Å². The predicted octanol–water partition coefficient (Wildman–Crippen LogP) is 0.550. The molecular weight excluding hydrogens is 128 g/mol. The van der Waals surface area contributed by atoms with E-state index in [1.807, 2.05) is 6.07 Å². The molecule has 1 N–H and O–H groups in total. The maximum atomic E-state index is 10.9. The lowest BCUT2D eigenvalue weighted by atomic mass is 10.0. The number of hydrogen-bond acceptors (Lipinski definition) is 2. The summed E-state index contributed by atoms with van der Waals surface area (Å²) in [5.74, 6) is -0.752. The quantitative estimate of drug-likeness (QED) is 0.528. The number of amides is 1. The van der Waals surface area contributed by atoms with E-state index in [2.05, 4.69) is 5.32 Å². The number of rotatable bonds is 0. The van der Waals surface area contributed by atoms with Gasteiger partial charge in [-0.25, -0.2) is 0 Å². The number of carbonyl (C=O) groups is 1. The summed E-state index contributed by atoms with van der Waals surface area (Å²) in [6.45, 7) is 3.59. The van der Waals surface area contributed by atoms with Crippen molar-refractivity contribution in [3.8, 4) is 6.07 Å². The molecule has 0 aromatic carbocycles. The number of nitriles is 1. The van der Waals surface area contributed by atoms with Gasteiger partial charge in [0.05, 0.1) is 6.07 Å². The van der Waals surface area contributed by atoms with E-state index in [-0.39, 0.29) is 5.91 Å². The molecule has 1 aliphatic rings. The van der Waals surface area contributed by atoms with Crippen LogP contribution in [0, 0.1) is 17.2 Å². The first-order valence-corrected chi connectivity index (χ1v) is 3.04. The molecule has 1 heterocycles. The van der Waals surface area contributed by atoms with E-state index in [4.69, 9.17) is 5.26 Å². The fourth-order valence-corrected chi connectivity index (χ4v) is 0.924. The number of carbonyl (C=O) groups excluding carboxylic acids is 1. The third-order valence-electron chi connectivity index (χ3n) is 1.73. The highest BCUT2D eigenvalue weighted by atomic mass is 16.2. The van der Waals surface area contributed by atoms with Crippen LogP contribution in [0.3, 0.4) is 0 Å². The van der Waals surface area contributed by atoms with E-state index >= 15 is 0 Å². The number of nitrogens with one attached hydrogen (secondary N) is 1. The van der Waals surface area contributed by atoms with Crippen molar-refractivity contribution < 1.29 is 4.79 Å². The van der Waals surface area contributed by atoms with E-state index in [1.54, 1.807) is 13.8 Å². The van der Waals surface area contributed by atoms with Crippen molar-refractivity contribution in [2.45, 2.75) is 13.8 Å². The molecule has 0 aromatic rings. The Kier molecular flexibility index (Phi) is 1.46. The summed E-state index contributed by atoms with van der Waals surface area (Å²) in [6, 6.07) is 1.92. The second-order valence-corrected chi connectivity index (χ2v) is 2.36. The average Bonchev–Trinajstić information content (AvgIpc) is 2.09. The van der Waals surface area contributed by atoms with Crippen molar-refractivity contribution in [1.82, 2.24) is 5.32 Å². The van der Waals surface area contributed by atoms with Crippen molar-refractivity contribution in [2.24, 2.45) is 5.92 Å². The zero-order chi connectivity index (χ0) is 7.72. The van der Waals surface area contributed by atoms with Crippen LogP contribution in [-0.4, -0.2) is 5.91 Å². The van der Waals surface area contributed by atoms with Crippen molar-refractivity contribution in [2.75, 3.05) is 0 Å². The Morgan fingerprint density at radius 3 is 2.40 bits per heavy atom. The summed E-state index contributed by atoms with van der Waals surface area (Å²) >= 11 is 0. The topological polar surface area (TPSA) is 52.9 Å². The Labute approximate surface area is 59.3 Å². The molecule has 0 saturated heterocycles. The van der Waals surface area contributed by atoms with Crippen LogP contribution in [0.25, 0.3) is 0 Å². The number of nitrogens with zero attached hydrogens (tertiary/aromatic N) is 1. The molecule has 0 aromatic heterocycles. The lowest BCUT2D eigenvalue weighted by Crippen LogP contribution is -2.19. The molecule has 3 nitrogen and oxygen atoms in total. The van der Waals surface area contributed by atoms with Crippen LogP contribution in [0.1, 0.15) is 13.8 Å². The van der Waals surface area contributed by atoms with Gasteiger partial charge in [-0.3, -0.25) is 4.79 Å². The molecule has 0 fully saturated rings. The van der Waals surface area contributed by atoms with E-state index in [9.17, 15) is 4.79 Å². The van der Waals surface area contributed by atoms with Gasteiger partial charge < -0.3 is 5.32 Å². The van der Waals surface area contributed by atoms with Gasteiger partial charge in [0.1, 0.15) is 5.92 Å². The van der Waals surface area contributed by atoms with Crippen LogP contribution in [0.5, 0.6) is 0 Å². The Morgan fingerprint density at radius 2 is 2.20 bits per heavy atom. The van der Waals surface area contributed by atoms with Crippen LogP contribution in [-0.2, 0) is 4.79 Å². The second kappa shape index (κ2) is 2.14. The third kappa shape index (κ3) is 0.781. The Morgan fingerprint density at radius 1 is 1.60 bits per heavy atom. The SMILES string of the molecule is CC1=C(C)C(C#N)C(=O)N1. The van der Waals surface area contributed by atoms with Gasteiger partial charge in [-0.1, -0.05) is 0 Å². The van der Waals surface area contributed by atoms with Gasteiger partial charge in [-0.05, 0) is 19.4 Å². The van der Waals surface area contributed by atoms with Crippen LogP contribution in [0.2, 0.25) is 0 Å². The summed E-state index contributed by atoms with van der Waals surface area (Å²) in [7, 11) is 0. The van der Waals surface area contributed by atoms with Crippen LogP contribution in [0.4, 0.5) is 0 Å². The van der Waals surface area contributed by atoms with Crippen molar-refractivity contribution in [3.05, 3.63) is 11.3 Å². The third-order valence-corrected chi connectivity index (χ3v) is 1.73. The Balaban J connectivity index is 2.96. The lowest BCUT2D eigenvalue weighted by Gasteiger charge is -1.93. The fraction of sp³-hybridized carbons (Fsp3) is 0.429. The van der Waals surface area contributed by atoms with Gasteiger partial charge in [0.25, 0.3) is 0 Å². The molecule has 0 radical (unpaired) electrons. The summed E-state index contributed by atoms with van der Waals surface area (Å²) in [6.07, 6.45) is 0. The smallest absolute Gasteiger partial charge is 0.245 e. The van der Waals surface area contributed by atoms with Crippen molar-refractivity contribution in [1.29, 1.82) is 5.26 Å². The minimum Gasteiger partial charge on any atom is -0.329 e. The first kappa shape index (κ1) is 6.81. The zero-order valence-electron chi connectivity index (χ0n) is 5.93. The summed E-state index contributed by atoms with van der Waals surface area (Å²) < 4.78 is 0. The van der Waals surface area contributed by atoms with Gasteiger partial charge in [-0.15, -0.1) is 0 Å². The second-order valence-electron chi connectivity index (χ2n) is 2.36. The molecule has 1 aliphatic heterocycles. The molecule has 52 valence electrons. The first-order chi connectivity index (χ1) is 4.66. The highest BCUT2D eigenvalue weighted by molar-refractivity contribution is 5.88. The predicted molar refractivity (Wildman–Crippen MR) is 35.6 cm³/mol. The highest BCUT2D eigenvalue weighted by Crippen LogP contribution is 2.19.